The highest BCUT2D eigenvalue weighted by molar-refractivity contribution is 7.89. The van der Waals surface area contributed by atoms with Gasteiger partial charge in [0, 0.05) is 38.7 Å². The normalized spacial score (nSPS) is 15.8. The van der Waals surface area contributed by atoms with Gasteiger partial charge in [0.2, 0.25) is 15.9 Å². The molecule has 1 saturated heterocycles. The van der Waals surface area contributed by atoms with E-state index in [1.807, 2.05) is 63.4 Å². The fourth-order valence-corrected chi connectivity index (χ4v) is 8.19. The van der Waals surface area contributed by atoms with E-state index in [1.165, 1.54) is 39.9 Å². The van der Waals surface area contributed by atoms with E-state index in [0.29, 0.717) is 26.2 Å². The number of benzene rings is 2. The summed E-state index contributed by atoms with van der Waals surface area (Å²) in [4.78, 5) is 35.4. The lowest BCUT2D eigenvalue weighted by molar-refractivity contribution is -0.128. The lowest BCUT2D eigenvalue weighted by atomic mass is 9.97. The highest BCUT2D eigenvalue weighted by Gasteiger charge is 2.40. The summed E-state index contributed by atoms with van der Waals surface area (Å²) in [7, 11) is -2.45. The number of ether oxygens (including phenoxy) is 1. The molecule has 12 nitrogen and oxygen atoms in total. The minimum Gasteiger partial charge on any atom is -0.508 e. The smallest absolute Gasteiger partial charge is 0.321 e. The first-order valence-electron chi connectivity index (χ1n) is 16.1. The van der Waals surface area contributed by atoms with Gasteiger partial charge in [0.15, 0.2) is 0 Å². The summed E-state index contributed by atoms with van der Waals surface area (Å²) >= 11 is 1.47. The number of hydrogen-bond acceptors (Lipinski definition) is 9. The molecular formula is C34H47N5O7S2. The number of nitrogens with zero attached hydrogens (tertiary/aromatic N) is 4. The van der Waals surface area contributed by atoms with Gasteiger partial charge in [-0.15, -0.1) is 11.3 Å². The molecule has 3 aromatic rings. The van der Waals surface area contributed by atoms with Crippen molar-refractivity contribution in [3.8, 4) is 5.75 Å². The molecule has 48 heavy (non-hydrogen) atoms. The number of aromatic hydroxyl groups is 1. The average Bonchev–Trinajstić information content (AvgIpc) is 3.63. The van der Waals surface area contributed by atoms with Gasteiger partial charge in [-0.3, -0.25) is 4.79 Å². The SMILES string of the molecule is COCc1nc(CN2CCN([C@H](C(=O)N[C@@H](Cc3ccccc3)[C@@H](O)CN(CC(C)C)S(=O)(=O)c3ccc(O)cc3)C(C)C)C2=O)cs1. The van der Waals surface area contributed by atoms with Gasteiger partial charge < -0.3 is 30.1 Å². The number of nitrogens with one attached hydrogen (secondary N) is 1. The van der Waals surface area contributed by atoms with Crippen LogP contribution in [-0.2, 0) is 39.1 Å². The molecule has 2 heterocycles. The molecule has 3 amide bonds. The Balaban J connectivity index is 1.55. The van der Waals surface area contributed by atoms with E-state index in [9.17, 15) is 28.2 Å². The number of carbonyl (C=O) groups excluding carboxylic acids is 2. The zero-order valence-corrected chi connectivity index (χ0v) is 29.8. The predicted molar refractivity (Wildman–Crippen MR) is 184 cm³/mol. The molecule has 262 valence electrons. The number of thiazole rings is 1. The molecule has 0 aliphatic carbocycles. The van der Waals surface area contributed by atoms with Crippen molar-refractivity contribution in [3.05, 3.63) is 76.2 Å². The van der Waals surface area contributed by atoms with Gasteiger partial charge >= 0.3 is 6.03 Å². The number of phenolic OH excluding ortho intramolecular Hbond substituents is 1. The van der Waals surface area contributed by atoms with Crippen LogP contribution in [0.15, 0.2) is 64.9 Å². The number of hydrogen-bond donors (Lipinski definition) is 3. The van der Waals surface area contributed by atoms with E-state index in [0.717, 1.165) is 16.3 Å². The highest BCUT2D eigenvalue weighted by atomic mass is 32.2. The molecule has 3 atom stereocenters. The zero-order valence-electron chi connectivity index (χ0n) is 28.2. The van der Waals surface area contributed by atoms with Gasteiger partial charge in [-0.2, -0.15) is 4.31 Å². The number of carbonyl (C=O) groups is 2. The van der Waals surface area contributed by atoms with Crippen molar-refractivity contribution in [2.75, 3.05) is 33.3 Å². The minimum absolute atomic E-state index is 0.0126. The minimum atomic E-state index is -4.05. The number of rotatable bonds is 17. The molecule has 1 fully saturated rings. The monoisotopic (exact) mass is 701 g/mol. The number of aromatic nitrogens is 1. The van der Waals surface area contributed by atoms with Gasteiger partial charge in [0.25, 0.3) is 0 Å². The molecule has 1 aromatic heterocycles. The summed E-state index contributed by atoms with van der Waals surface area (Å²) in [5.41, 5.74) is 1.60. The molecule has 2 aromatic carbocycles. The maximum absolute atomic E-state index is 14.1. The largest absolute Gasteiger partial charge is 0.508 e. The lowest BCUT2D eigenvalue weighted by Crippen LogP contribution is -2.57. The predicted octanol–water partition coefficient (Wildman–Crippen LogP) is 3.69. The Morgan fingerprint density at radius 1 is 1.06 bits per heavy atom. The number of phenols is 1. The van der Waals surface area contributed by atoms with Crippen LogP contribution in [0.1, 0.15) is 44.0 Å². The summed E-state index contributed by atoms with van der Waals surface area (Å²) in [5, 5.41) is 27.1. The Hall–Kier alpha value is -3.56. The first-order valence-corrected chi connectivity index (χ1v) is 18.4. The van der Waals surface area contributed by atoms with E-state index in [-0.39, 0.29) is 48.0 Å². The first-order chi connectivity index (χ1) is 22.8. The molecular weight excluding hydrogens is 655 g/mol. The van der Waals surface area contributed by atoms with Crippen LogP contribution in [0.5, 0.6) is 5.75 Å². The van der Waals surface area contributed by atoms with E-state index < -0.39 is 34.1 Å². The van der Waals surface area contributed by atoms with Crippen molar-refractivity contribution in [2.24, 2.45) is 11.8 Å². The van der Waals surface area contributed by atoms with E-state index in [2.05, 4.69) is 10.3 Å². The summed E-state index contributed by atoms with van der Waals surface area (Å²) in [6.07, 6.45) is -1.05. The third-order valence-electron chi connectivity index (χ3n) is 8.11. The van der Waals surface area contributed by atoms with Crippen molar-refractivity contribution in [2.45, 2.75) is 70.4 Å². The number of urea groups is 1. The summed E-state index contributed by atoms with van der Waals surface area (Å²) in [6.45, 7) is 8.85. The number of methoxy groups -OCH3 is 1. The van der Waals surface area contributed by atoms with Crippen molar-refractivity contribution in [1.29, 1.82) is 0 Å². The van der Waals surface area contributed by atoms with Crippen LogP contribution in [0.3, 0.4) is 0 Å². The Kier molecular flexibility index (Phi) is 13.0. The second-order valence-corrected chi connectivity index (χ2v) is 15.7. The molecule has 0 saturated carbocycles. The zero-order chi connectivity index (χ0) is 35.0. The Labute approximate surface area is 287 Å². The van der Waals surface area contributed by atoms with Crippen LogP contribution in [0.25, 0.3) is 0 Å². The Bertz CT molecular complexity index is 1600. The maximum Gasteiger partial charge on any atom is 0.321 e. The molecule has 14 heteroatoms. The number of aliphatic hydroxyl groups is 1. The van der Waals surface area contributed by atoms with Crippen LogP contribution >= 0.6 is 11.3 Å². The van der Waals surface area contributed by atoms with E-state index in [4.69, 9.17) is 4.74 Å². The van der Waals surface area contributed by atoms with Crippen molar-refractivity contribution < 1.29 is 33.0 Å². The maximum atomic E-state index is 14.1. The van der Waals surface area contributed by atoms with Crippen molar-refractivity contribution >= 4 is 33.3 Å². The Morgan fingerprint density at radius 3 is 2.38 bits per heavy atom. The van der Waals surface area contributed by atoms with Gasteiger partial charge in [0.05, 0.1) is 35.9 Å². The molecule has 3 N–H and O–H groups in total. The number of aliphatic hydroxyl groups excluding tert-OH is 1. The Morgan fingerprint density at radius 2 is 1.75 bits per heavy atom. The van der Waals surface area contributed by atoms with Gasteiger partial charge in [-0.1, -0.05) is 58.0 Å². The standard InChI is InChI=1S/C34H47N5O7S2/c1-23(2)18-38(48(44,45)28-13-11-27(40)12-14-28)20-30(41)29(17-25-9-7-6-8-10-25)36-33(42)32(24(3)4)39-16-15-37(34(39)43)19-26-22-47-31(35-26)21-46-5/h6-14,22-24,29-30,32,40-41H,15-21H2,1-5H3,(H,36,42)/t29-,30-,32-/m0/s1. The summed E-state index contributed by atoms with van der Waals surface area (Å²) < 4.78 is 33.8. The molecule has 0 bridgehead atoms. The second kappa shape index (κ2) is 16.7. The van der Waals surface area contributed by atoms with E-state index >= 15 is 0 Å². The van der Waals surface area contributed by atoms with Crippen LogP contribution in [0.2, 0.25) is 0 Å². The lowest BCUT2D eigenvalue weighted by Gasteiger charge is -2.34. The first kappa shape index (κ1) is 37.3. The molecule has 1 aliphatic rings. The van der Waals surface area contributed by atoms with Crippen molar-refractivity contribution in [1.82, 2.24) is 24.4 Å². The topological polar surface area (TPSA) is 153 Å². The molecule has 4 rings (SSSR count). The van der Waals surface area contributed by atoms with Gasteiger partial charge in [0.1, 0.15) is 16.8 Å². The third-order valence-corrected chi connectivity index (χ3v) is 10.8. The third kappa shape index (κ3) is 9.53. The summed E-state index contributed by atoms with van der Waals surface area (Å²) in [6, 6.07) is 12.6. The van der Waals surface area contributed by atoms with Crippen LogP contribution in [-0.4, -0.2) is 101 Å². The van der Waals surface area contributed by atoms with Gasteiger partial charge in [-0.05, 0) is 48.1 Å². The quantitative estimate of drug-likeness (QED) is 0.193. The van der Waals surface area contributed by atoms with E-state index in [1.54, 1.807) is 16.9 Å². The molecule has 0 unspecified atom stereocenters. The number of amides is 3. The highest BCUT2D eigenvalue weighted by Crippen LogP contribution is 2.24. The van der Waals surface area contributed by atoms with Crippen LogP contribution in [0, 0.1) is 11.8 Å². The fourth-order valence-electron chi connectivity index (χ4n) is 5.82. The summed E-state index contributed by atoms with van der Waals surface area (Å²) in [5.74, 6) is -0.790. The second-order valence-electron chi connectivity index (χ2n) is 12.8. The van der Waals surface area contributed by atoms with Crippen molar-refractivity contribution in [3.63, 3.8) is 0 Å². The van der Waals surface area contributed by atoms with Gasteiger partial charge in [-0.25, -0.2) is 18.2 Å². The van der Waals surface area contributed by atoms with Crippen LogP contribution in [0.4, 0.5) is 4.79 Å². The number of sulfonamides is 1. The molecule has 0 radical (unpaired) electrons. The molecule has 1 aliphatic heterocycles. The fraction of sp³-hybridized carbons (Fsp3) is 0.500. The van der Waals surface area contributed by atoms with Crippen LogP contribution < -0.4 is 5.32 Å². The average molecular weight is 702 g/mol. The molecule has 0 spiro atoms.